The van der Waals surface area contributed by atoms with Crippen molar-refractivity contribution >= 4 is 77.2 Å². The van der Waals surface area contributed by atoms with Gasteiger partial charge in [-0.05, 0) is 58.6 Å². The first-order valence-electron chi connectivity index (χ1n) is 26.2. The third-order valence-electron chi connectivity index (χ3n) is 12.7. The van der Waals surface area contributed by atoms with Crippen molar-refractivity contribution in [3.8, 4) is 5.75 Å². The van der Waals surface area contributed by atoms with Crippen LogP contribution < -0.4 is 25.6 Å². The topological polar surface area (TPSA) is 218 Å². The zero-order chi connectivity index (χ0) is 55.0. The van der Waals surface area contributed by atoms with E-state index in [4.69, 9.17) is 14.5 Å². The number of thiophene rings is 1. The molecule has 1 unspecified atom stereocenters. The van der Waals surface area contributed by atoms with Crippen molar-refractivity contribution in [2.75, 3.05) is 51.4 Å². The molecule has 5 amide bonds. The minimum absolute atomic E-state index is 0.00301. The lowest BCUT2D eigenvalue weighted by Crippen LogP contribution is -2.38. The summed E-state index contributed by atoms with van der Waals surface area (Å²) < 4.78 is 11.4. The van der Waals surface area contributed by atoms with Crippen molar-refractivity contribution in [2.24, 2.45) is 15.2 Å². The number of imide groups is 1. The second kappa shape index (κ2) is 35.5. The number of aryl methyl sites for hydroxylation is 2. The van der Waals surface area contributed by atoms with E-state index in [1.165, 1.54) is 80.3 Å². The molecule has 0 saturated heterocycles. The van der Waals surface area contributed by atoms with Gasteiger partial charge in [-0.2, -0.15) is 5.10 Å². The monoisotopic (exact) mass is 1050 g/mol. The summed E-state index contributed by atoms with van der Waals surface area (Å²) in [7, 11) is 1.54. The van der Waals surface area contributed by atoms with E-state index in [0.717, 1.165) is 45.1 Å². The van der Waals surface area contributed by atoms with E-state index in [1.54, 1.807) is 30.4 Å². The van der Waals surface area contributed by atoms with Crippen molar-refractivity contribution < 1.29 is 43.0 Å². The number of ether oxygens (including phenoxy) is 2. The Hall–Kier alpha value is -6.66. The van der Waals surface area contributed by atoms with Crippen molar-refractivity contribution in [1.82, 2.24) is 20.9 Å². The van der Waals surface area contributed by atoms with Crippen LogP contribution in [0.25, 0.3) is 0 Å². The molecule has 17 nitrogen and oxygen atoms in total. The number of rotatable bonds is 25. The first kappa shape index (κ1) is 62.6. The van der Waals surface area contributed by atoms with Crippen LogP contribution in [0.15, 0.2) is 70.3 Å². The summed E-state index contributed by atoms with van der Waals surface area (Å²) in [5.74, 6) is -0.690. The number of hydrogen-bond donors (Lipinski definition) is 3. The minimum Gasteiger partial charge on any atom is -0.483 e. The molecule has 1 aliphatic carbocycles. The normalized spacial score (nSPS) is 14.6. The molecular weight excluding hydrogens is 973 g/mol. The summed E-state index contributed by atoms with van der Waals surface area (Å²) in [5.41, 5.74) is 5.29. The van der Waals surface area contributed by atoms with Crippen LogP contribution in [0.2, 0.25) is 0 Å². The molecule has 18 heteroatoms. The number of aliphatic imine (C=N–C) groups is 1. The van der Waals surface area contributed by atoms with Gasteiger partial charge in [0.15, 0.2) is 12.9 Å². The van der Waals surface area contributed by atoms with Crippen molar-refractivity contribution in [3.05, 3.63) is 93.4 Å². The maximum absolute atomic E-state index is 13.4. The van der Waals surface area contributed by atoms with Gasteiger partial charge < -0.3 is 34.7 Å². The number of fused-ring (bicyclic) bond motifs is 1. The Morgan fingerprint density at radius 2 is 1.53 bits per heavy atom. The number of allylic oxidation sites excluding steroid dienone is 1. The Balaban J connectivity index is 0.000000996. The first-order chi connectivity index (χ1) is 36.2. The number of carbonyl (C=O) groups excluding carboxylic acids is 7. The molecule has 2 aliphatic rings. The first-order valence-corrected chi connectivity index (χ1v) is 27.0. The number of nitrogens with zero attached hydrogens (tertiary/aromatic N) is 5. The predicted molar refractivity (Wildman–Crippen MR) is 300 cm³/mol. The fourth-order valence-electron chi connectivity index (χ4n) is 8.23. The maximum Gasteiger partial charge on any atom is 0.258 e. The molecule has 3 N–H and O–H groups in total. The van der Waals surface area contributed by atoms with E-state index in [9.17, 15) is 33.6 Å². The van der Waals surface area contributed by atoms with E-state index < -0.39 is 23.8 Å². The number of carbonyl (C=O) groups is 7. The molecule has 1 saturated carbocycles. The number of aldehydes is 2. The lowest BCUT2D eigenvalue weighted by molar-refractivity contribution is -0.126. The summed E-state index contributed by atoms with van der Waals surface area (Å²) in [4.78, 5) is 92.6. The summed E-state index contributed by atoms with van der Waals surface area (Å²) in [6.45, 7) is 18.5. The summed E-state index contributed by atoms with van der Waals surface area (Å²) >= 11 is 1.69. The number of benzene rings is 2. The highest BCUT2D eigenvalue weighted by atomic mass is 32.1. The molecule has 2 aromatic carbocycles. The summed E-state index contributed by atoms with van der Waals surface area (Å²) in [5, 5.41) is 17.1. The number of anilines is 1. The van der Waals surface area contributed by atoms with Gasteiger partial charge in [0, 0.05) is 93.5 Å². The van der Waals surface area contributed by atoms with Gasteiger partial charge >= 0.3 is 0 Å². The molecule has 0 radical (unpaired) electrons. The third-order valence-corrected chi connectivity index (χ3v) is 13.9. The molecule has 75 heavy (non-hydrogen) atoms. The van der Waals surface area contributed by atoms with Crippen molar-refractivity contribution in [2.45, 2.75) is 143 Å². The van der Waals surface area contributed by atoms with Crippen LogP contribution in [0.3, 0.4) is 0 Å². The van der Waals surface area contributed by atoms with Crippen LogP contribution in [0, 0.1) is 20.8 Å². The molecule has 3 aromatic rings. The average molecular weight is 1050 g/mol. The van der Waals surface area contributed by atoms with Crippen molar-refractivity contribution in [1.29, 1.82) is 0 Å². The third kappa shape index (κ3) is 21.6. The highest BCUT2D eigenvalue weighted by Gasteiger charge is 2.32. The Kier molecular flexibility index (Phi) is 29.7. The highest BCUT2D eigenvalue weighted by Crippen LogP contribution is 2.40. The van der Waals surface area contributed by atoms with E-state index in [-0.39, 0.29) is 54.7 Å². The van der Waals surface area contributed by atoms with Gasteiger partial charge in [0.1, 0.15) is 22.9 Å². The molecule has 5 rings (SSSR count). The standard InChI is InChI=1S/C45H58N8O8S.C8H16.C4H6O/c1-8-37(51-46-6)53-25-35(50-43(33-17-14-29(2)15-18-33)41-31(4)32(5)62-45(41)53)24-39(57)47-20-10-22-60-23-11-21-48-40(58)27-61-36-13-9-12-34(26-54)42(36)44(59)52(7)30(3)16-19-38(56)49-28-55;1-2-4-6-8-7-5-3-1;1-2-3-4-5/h9,12-15,17-18,26,28,30,35H,6,8,10-11,16,19-25,27H2,1-5,7H3,(H,47,57)(H,48,58)(H,49,55,56);1-8H2;2,4H,1,3H2/b51-37-;;/t30?,35-;;/m0../s1. The molecule has 2 atom stereocenters. The zero-order valence-electron chi connectivity index (χ0n) is 45.1. The predicted octanol–water partition coefficient (Wildman–Crippen LogP) is 8.83. The van der Waals surface area contributed by atoms with E-state index in [1.807, 2.05) is 13.8 Å². The molecule has 1 aromatic heterocycles. The van der Waals surface area contributed by atoms with Crippen molar-refractivity contribution in [3.63, 3.8) is 0 Å². The molecule has 408 valence electrons. The second-order valence-corrected chi connectivity index (χ2v) is 19.6. The molecule has 2 heterocycles. The lowest BCUT2D eigenvalue weighted by atomic mass is 9.99. The molecule has 0 spiro atoms. The summed E-state index contributed by atoms with van der Waals surface area (Å²) in [6, 6.07) is 12.1. The van der Waals surface area contributed by atoms with Gasteiger partial charge in [0.05, 0.1) is 23.7 Å². The minimum atomic E-state index is -0.517. The van der Waals surface area contributed by atoms with Crippen LogP contribution >= 0.6 is 11.3 Å². The van der Waals surface area contributed by atoms with Gasteiger partial charge in [-0.3, -0.25) is 39.1 Å². The second-order valence-electron chi connectivity index (χ2n) is 18.4. The van der Waals surface area contributed by atoms with Gasteiger partial charge in [-0.15, -0.1) is 23.0 Å². The number of hydrogen-bond acceptors (Lipinski definition) is 13. The quantitative estimate of drug-likeness (QED) is 0.0183. The Bertz CT molecular complexity index is 2370. The fourth-order valence-corrected chi connectivity index (χ4v) is 9.42. The molecule has 0 bridgehead atoms. The van der Waals surface area contributed by atoms with Gasteiger partial charge in [-0.1, -0.05) is 106 Å². The zero-order valence-corrected chi connectivity index (χ0v) is 45.9. The number of amidine groups is 1. The summed E-state index contributed by atoms with van der Waals surface area (Å²) in [6.07, 6.45) is 17.9. The Morgan fingerprint density at radius 1 is 0.907 bits per heavy atom. The van der Waals surface area contributed by atoms with Crippen LogP contribution in [-0.2, 0) is 28.7 Å². The molecule has 1 fully saturated rings. The highest BCUT2D eigenvalue weighted by molar-refractivity contribution is 7.17. The van der Waals surface area contributed by atoms with Gasteiger partial charge in [0.25, 0.3) is 11.8 Å². The number of amides is 5. The van der Waals surface area contributed by atoms with Crippen LogP contribution in [0.4, 0.5) is 5.00 Å². The Morgan fingerprint density at radius 3 is 2.08 bits per heavy atom. The average Bonchev–Trinajstić information content (AvgIpc) is 3.59. The molecular formula is C57H80N8O9S. The maximum atomic E-state index is 13.4. The van der Waals surface area contributed by atoms with E-state index >= 15 is 0 Å². The fraction of sp³-hybridized carbons (Fsp3) is 0.509. The Labute approximate surface area is 448 Å². The van der Waals surface area contributed by atoms with Gasteiger partial charge in [0.2, 0.25) is 18.2 Å². The van der Waals surface area contributed by atoms with Crippen LogP contribution in [0.1, 0.15) is 158 Å². The van der Waals surface area contributed by atoms with E-state index in [0.29, 0.717) is 71.2 Å². The largest absolute Gasteiger partial charge is 0.483 e. The molecule has 1 aliphatic heterocycles. The van der Waals surface area contributed by atoms with Gasteiger partial charge in [-0.25, -0.2) is 0 Å². The van der Waals surface area contributed by atoms with Crippen LogP contribution in [0.5, 0.6) is 5.75 Å². The SMILES string of the molecule is C1CCCCCCC1.C=CCC=O.C=N/N=C(/CC)N1C[C@H](CC(=O)NCCCOCCCNC(=O)COc2cccc(C=O)c2C(=O)N(C)C(C)CCC(=O)NC=O)N=C(c2ccc(C)cc2)c2c1sc(C)c2C. The van der Waals surface area contributed by atoms with E-state index in [2.05, 4.69) is 82.5 Å². The number of nitrogens with one attached hydrogen (secondary N) is 3. The lowest BCUT2D eigenvalue weighted by Gasteiger charge is -2.26. The smallest absolute Gasteiger partial charge is 0.258 e. The van der Waals surface area contributed by atoms with Crippen LogP contribution in [-0.4, -0.2) is 124 Å².